The Hall–Kier alpha value is -2.35. The summed E-state index contributed by atoms with van der Waals surface area (Å²) in [7, 11) is 0. The van der Waals surface area contributed by atoms with Crippen molar-refractivity contribution in [1.82, 2.24) is 9.80 Å². The molecule has 1 amide bonds. The molecular weight excluding hydrogens is 405 g/mol. The third kappa shape index (κ3) is 5.13. The highest BCUT2D eigenvalue weighted by atomic mass is 35.5. The number of benzene rings is 2. The quantitative estimate of drug-likeness (QED) is 0.522. The molecule has 2 aromatic rings. The number of nitro groups is 1. The summed E-state index contributed by atoms with van der Waals surface area (Å²) in [6.07, 6.45) is 0. The van der Waals surface area contributed by atoms with Gasteiger partial charge in [-0.2, -0.15) is 0 Å². The van der Waals surface area contributed by atoms with Crippen LogP contribution in [0.2, 0.25) is 10.0 Å². The second kappa shape index (κ2) is 9.23. The maximum Gasteiger partial charge on any atom is 0.283 e. The Morgan fingerprint density at radius 3 is 2.32 bits per heavy atom. The molecule has 3 rings (SSSR count). The second-order valence-electron chi connectivity index (χ2n) is 6.35. The number of rotatable bonds is 6. The van der Waals surface area contributed by atoms with Gasteiger partial charge in [-0.05, 0) is 36.4 Å². The van der Waals surface area contributed by atoms with Crippen molar-refractivity contribution in [3.8, 4) is 5.75 Å². The van der Waals surface area contributed by atoms with E-state index in [4.69, 9.17) is 27.9 Å². The molecule has 0 aromatic heterocycles. The van der Waals surface area contributed by atoms with Gasteiger partial charge in [-0.1, -0.05) is 23.2 Å². The Bertz CT molecular complexity index is 853. The van der Waals surface area contributed by atoms with Crippen LogP contribution in [-0.2, 0) is 0 Å². The van der Waals surface area contributed by atoms with Gasteiger partial charge in [-0.15, -0.1) is 0 Å². The van der Waals surface area contributed by atoms with E-state index >= 15 is 0 Å². The summed E-state index contributed by atoms with van der Waals surface area (Å²) in [6.45, 7) is 3.61. The normalized spacial score (nSPS) is 14.7. The van der Waals surface area contributed by atoms with Gasteiger partial charge in [-0.3, -0.25) is 19.8 Å². The number of hydrogen-bond acceptors (Lipinski definition) is 5. The highest BCUT2D eigenvalue weighted by Gasteiger charge is 2.27. The number of nitro benzene ring substituents is 1. The average molecular weight is 424 g/mol. The molecule has 0 unspecified atom stereocenters. The molecule has 0 radical (unpaired) electrons. The summed E-state index contributed by atoms with van der Waals surface area (Å²) in [6, 6.07) is 11.3. The van der Waals surface area contributed by atoms with Crippen LogP contribution in [0.25, 0.3) is 0 Å². The van der Waals surface area contributed by atoms with Crippen molar-refractivity contribution in [2.75, 3.05) is 39.3 Å². The number of ether oxygens (including phenoxy) is 1. The Kier molecular flexibility index (Phi) is 6.72. The maximum atomic E-state index is 12.7. The van der Waals surface area contributed by atoms with Crippen LogP contribution in [0, 0.1) is 10.1 Å². The zero-order chi connectivity index (χ0) is 20.1. The molecule has 1 aliphatic rings. The lowest BCUT2D eigenvalue weighted by Gasteiger charge is -2.34. The first-order valence-corrected chi connectivity index (χ1v) is 9.53. The Balaban J connectivity index is 1.50. The van der Waals surface area contributed by atoms with E-state index in [-0.39, 0.29) is 22.2 Å². The molecule has 7 nitrogen and oxygen atoms in total. The number of carbonyl (C=O) groups is 1. The predicted octanol–water partition coefficient (Wildman–Crippen LogP) is 3.74. The molecule has 1 saturated heterocycles. The van der Waals surface area contributed by atoms with Gasteiger partial charge in [-0.25, -0.2) is 0 Å². The molecule has 0 spiro atoms. The smallest absolute Gasteiger partial charge is 0.283 e. The Labute approximate surface area is 172 Å². The molecule has 1 fully saturated rings. The fourth-order valence-electron chi connectivity index (χ4n) is 3.01. The Morgan fingerprint density at radius 1 is 1.04 bits per heavy atom. The largest absolute Gasteiger partial charge is 0.492 e. The molecule has 9 heteroatoms. The van der Waals surface area contributed by atoms with Gasteiger partial charge in [0.05, 0.1) is 4.92 Å². The lowest BCUT2D eigenvalue weighted by molar-refractivity contribution is -0.385. The minimum absolute atomic E-state index is 0.0638. The van der Waals surface area contributed by atoms with Crippen molar-refractivity contribution in [2.45, 2.75) is 0 Å². The Morgan fingerprint density at radius 2 is 1.68 bits per heavy atom. The van der Waals surface area contributed by atoms with E-state index in [0.717, 1.165) is 12.3 Å². The van der Waals surface area contributed by atoms with Crippen molar-refractivity contribution in [3.05, 3.63) is 68.2 Å². The standard InChI is InChI=1S/C19H19Cl2N3O4/c20-14-1-4-16(5-2-14)28-12-11-22-7-9-23(10-8-22)19(25)17-6-3-15(21)13-18(17)24(26)27/h1-6,13H,7-12H2. The zero-order valence-electron chi connectivity index (χ0n) is 15.0. The summed E-state index contributed by atoms with van der Waals surface area (Å²) < 4.78 is 5.69. The fraction of sp³-hybridized carbons (Fsp3) is 0.316. The highest BCUT2D eigenvalue weighted by Crippen LogP contribution is 2.25. The minimum Gasteiger partial charge on any atom is -0.492 e. The summed E-state index contributed by atoms with van der Waals surface area (Å²) in [5.41, 5.74) is -0.204. The first-order valence-electron chi connectivity index (χ1n) is 8.78. The number of hydrogen-bond donors (Lipinski definition) is 0. The van der Waals surface area contributed by atoms with Crippen LogP contribution in [0.4, 0.5) is 5.69 Å². The van der Waals surface area contributed by atoms with E-state index in [9.17, 15) is 14.9 Å². The molecule has 0 aliphatic carbocycles. The van der Waals surface area contributed by atoms with Crippen LogP contribution in [0.3, 0.4) is 0 Å². The van der Waals surface area contributed by atoms with Crippen molar-refractivity contribution in [3.63, 3.8) is 0 Å². The minimum atomic E-state index is -0.580. The van der Waals surface area contributed by atoms with E-state index in [1.54, 1.807) is 17.0 Å². The molecule has 1 aliphatic heterocycles. The molecule has 1 heterocycles. The predicted molar refractivity (Wildman–Crippen MR) is 107 cm³/mol. The van der Waals surface area contributed by atoms with Crippen molar-refractivity contribution in [2.24, 2.45) is 0 Å². The molecule has 0 saturated carbocycles. The van der Waals surface area contributed by atoms with E-state index in [1.807, 2.05) is 12.1 Å². The van der Waals surface area contributed by atoms with Gasteiger partial charge in [0, 0.05) is 48.8 Å². The first-order chi connectivity index (χ1) is 13.4. The van der Waals surface area contributed by atoms with Gasteiger partial charge in [0.25, 0.3) is 11.6 Å². The van der Waals surface area contributed by atoms with Crippen molar-refractivity contribution in [1.29, 1.82) is 0 Å². The number of nitrogens with zero attached hydrogens (tertiary/aromatic N) is 3. The van der Waals surface area contributed by atoms with Crippen molar-refractivity contribution < 1.29 is 14.5 Å². The maximum absolute atomic E-state index is 12.7. The van der Waals surface area contributed by atoms with E-state index in [2.05, 4.69) is 4.90 Å². The van der Waals surface area contributed by atoms with Gasteiger partial charge < -0.3 is 9.64 Å². The lowest BCUT2D eigenvalue weighted by Crippen LogP contribution is -2.49. The van der Waals surface area contributed by atoms with E-state index < -0.39 is 4.92 Å². The molecule has 148 valence electrons. The summed E-state index contributed by atoms with van der Waals surface area (Å²) >= 11 is 11.7. The van der Waals surface area contributed by atoms with Crippen LogP contribution in [-0.4, -0.2) is 60.0 Å². The zero-order valence-corrected chi connectivity index (χ0v) is 16.5. The highest BCUT2D eigenvalue weighted by molar-refractivity contribution is 6.31. The second-order valence-corrected chi connectivity index (χ2v) is 7.23. The van der Waals surface area contributed by atoms with E-state index in [1.165, 1.54) is 18.2 Å². The lowest BCUT2D eigenvalue weighted by atomic mass is 10.1. The van der Waals surface area contributed by atoms with Gasteiger partial charge in [0.2, 0.25) is 0 Å². The molecular formula is C19H19Cl2N3O4. The van der Waals surface area contributed by atoms with Crippen LogP contribution in [0.15, 0.2) is 42.5 Å². The van der Waals surface area contributed by atoms with E-state index in [0.29, 0.717) is 37.8 Å². The van der Waals surface area contributed by atoms with Gasteiger partial charge in [0.15, 0.2) is 0 Å². The third-order valence-corrected chi connectivity index (χ3v) is 5.02. The van der Waals surface area contributed by atoms with Gasteiger partial charge in [0.1, 0.15) is 17.9 Å². The topological polar surface area (TPSA) is 75.9 Å². The molecule has 28 heavy (non-hydrogen) atoms. The molecule has 2 aromatic carbocycles. The summed E-state index contributed by atoms with van der Waals surface area (Å²) in [5, 5.41) is 12.1. The van der Waals surface area contributed by atoms with Crippen LogP contribution in [0.5, 0.6) is 5.75 Å². The average Bonchev–Trinajstić information content (AvgIpc) is 2.69. The van der Waals surface area contributed by atoms with Gasteiger partial charge >= 0.3 is 0 Å². The van der Waals surface area contributed by atoms with Crippen molar-refractivity contribution >= 4 is 34.8 Å². The molecule has 0 N–H and O–H groups in total. The van der Waals surface area contributed by atoms with Crippen LogP contribution >= 0.6 is 23.2 Å². The third-order valence-electron chi connectivity index (χ3n) is 4.54. The number of amides is 1. The van der Waals surface area contributed by atoms with Crippen LogP contribution in [0.1, 0.15) is 10.4 Å². The first kappa shape index (κ1) is 20.4. The number of halogens is 2. The molecule has 0 bridgehead atoms. The molecule has 0 atom stereocenters. The summed E-state index contributed by atoms with van der Waals surface area (Å²) in [5.74, 6) is 0.411. The van der Waals surface area contributed by atoms with Crippen LogP contribution < -0.4 is 4.74 Å². The summed E-state index contributed by atoms with van der Waals surface area (Å²) in [4.78, 5) is 27.2. The monoisotopic (exact) mass is 423 g/mol. The number of carbonyl (C=O) groups excluding carboxylic acids is 1. The fourth-order valence-corrected chi connectivity index (χ4v) is 3.30. The number of piperazine rings is 1. The SMILES string of the molecule is O=C(c1ccc(Cl)cc1[N+](=O)[O-])N1CCN(CCOc2ccc(Cl)cc2)CC1.